The number of aliphatic imine (C=N–C) groups is 1. The topological polar surface area (TPSA) is 49.7 Å². The molecule has 0 saturated carbocycles. The predicted octanol–water partition coefficient (Wildman–Crippen LogP) is 0.945. The lowest BCUT2D eigenvalue weighted by molar-refractivity contribution is 0.0992. The standard InChI is InChI=1S/C9H7NO2/c11-8-5-10-9(12)7-4-2-1-3-6(7)8/h1-5,8,11H. The number of aliphatic hydroxyl groups excluding tert-OH is 1. The highest BCUT2D eigenvalue weighted by Gasteiger charge is 2.19. The van der Waals surface area contributed by atoms with E-state index in [0.29, 0.717) is 11.1 Å². The summed E-state index contributed by atoms with van der Waals surface area (Å²) in [5.74, 6) is -0.282. The van der Waals surface area contributed by atoms with E-state index in [9.17, 15) is 9.90 Å². The summed E-state index contributed by atoms with van der Waals surface area (Å²) in [6.07, 6.45) is 0.517. The molecule has 0 spiro atoms. The number of carbonyl (C=O) groups is 1. The minimum absolute atomic E-state index is 0.282. The largest absolute Gasteiger partial charge is 0.383 e. The summed E-state index contributed by atoms with van der Waals surface area (Å²) in [7, 11) is 0. The molecule has 0 saturated heterocycles. The second kappa shape index (κ2) is 2.53. The van der Waals surface area contributed by atoms with Gasteiger partial charge in [0.25, 0.3) is 5.91 Å². The molecule has 3 heteroatoms. The number of aliphatic hydroxyl groups is 1. The molecule has 1 aromatic rings. The first-order valence-corrected chi connectivity index (χ1v) is 3.64. The van der Waals surface area contributed by atoms with E-state index in [1.807, 2.05) is 0 Å². The monoisotopic (exact) mass is 161 g/mol. The van der Waals surface area contributed by atoms with Crippen LogP contribution in [0.25, 0.3) is 0 Å². The molecule has 3 nitrogen and oxygen atoms in total. The second-order valence-electron chi connectivity index (χ2n) is 2.62. The van der Waals surface area contributed by atoms with Crippen molar-refractivity contribution in [3.05, 3.63) is 35.4 Å². The molecule has 60 valence electrons. The molecule has 1 aromatic carbocycles. The summed E-state index contributed by atoms with van der Waals surface area (Å²) >= 11 is 0. The van der Waals surface area contributed by atoms with E-state index in [1.165, 1.54) is 6.21 Å². The maximum absolute atomic E-state index is 11.1. The Morgan fingerprint density at radius 1 is 1.33 bits per heavy atom. The summed E-state index contributed by atoms with van der Waals surface area (Å²) in [4.78, 5) is 14.7. The van der Waals surface area contributed by atoms with Gasteiger partial charge in [0.1, 0.15) is 6.10 Å². The van der Waals surface area contributed by atoms with Crippen LogP contribution >= 0.6 is 0 Å². The van der Waals surface area contributed by atoms with Crippen molar-refractivity contribution in [3.8, 4) is 0 Å². The highest BCUT2D eigenvalue weighted by atomic mass is 16.3. The zero-order valence-corrected chi connectivity index (χ0v) is 6.27. The van der Waals surface area contributed by atoms with Gasteiger partial charge in [0.2, 0.25) is 0 Å². The van der Waals surface area contributed by atoms with Crippen LogP contribution in [0.4, 0.5) is 0 Å². The van der Waals surface area contributed by atoms with Gasteiger partial charge in [-0.2, -0.15) is 0 Å². The Morgan fingerprint density at radius 2 is 2.08 bits per heavy atom. The predicted molar refractivity (Wildman–Crippen MR) is 44.2 cm³/mol. The van der Waals surface area contributed by atoms with Crippen molar-refractivity contribution in [1.82, 2.24) is 0 Å². The molecule has 1 amide bonds. The van der Waals surface area contributed by atoms with Gasteiger partial charge in [-0.05, 0) is 11.6 Å². The molecule has 0 aromatic heterocycles. The average Bonchev–Trinajstić information content (AvgIpc) is 2.12. The van der Waals surface area contributed by atoms with Gasteiger partial charge < -0.3 is 5.11 Å². The fourth-order valence-corrected chi connectivity index (χ4v) is 1.24. The Morgan fingerprint density at radius 3 is 2.83 bits per heavy atom. The smallest absolute Gasteiger partial charge is 0.277 e. The Kier molecular flexibility index (Phi) is 1.52. The fourth-order valence-electron chi connectivity index (χ4n) is 1.24. The Hall–Kier alpha value is -1.48. The molecule has 1 aliphatic rings. The molecule has 1 heterocycles. The lowest BCUT2D eigenvalue weighted by Crippen LogP contribution is -2.13. The molecule has 0 radical (unpaired) electrons. The van der Waals surface area contributed by atoms with Gasteiger partial charge in [0.05, 0.1) is 0 Å². The zero-order chi connectivity index (χ0) is 8.55. The van der Waals surface area contributed by atoms with Crippen LogP contribution in [0.2, 0.25) is 0 Å². The van der Waals surface area contributed by atoms with E-state index in [4.69, 9.17) is 0 Å². The molecule has 1 N–H and O–H groups in total. The summed E-state index contributed by atoms with van der Waals surface area (Å²) in [5, 5.41) is 9.38. The van der Waals surface area contributed by atoms with Crippen LogP contribution in [0.5, 0.6) is 0 Å². The van der Waals surface area contributed by atoms with Crippen LogP contribution in [0.1, 0.15) is 22.0 Å². The highest BCUT2D eigenvalue weighted by molar-refractivity contribution is 6.04. The quantitative estimate of drug-likeness (QED) is 0.615. The van der Waals surface area contributed by atoms with Gasteiger partial charge in [-0.25, -0.2) is 4.99 Å². The van der Waals surface area contributed by atoms with Gasteiger partial charge >= 0.3 is 0 Å². The summed E-state index contributed by atoms with van der Waals surface area (Å²) in [6.45, 7) is 0. The third-order valence-electron chi connectivity index (χ3n) is 1.84. The summed E-state index contributed by atoms with van der Waals surface area (Å²) < 4.78 is 0. The van der Waals surface area contributed by atoms with Gasteiger partial charge in [-0.15, -0.1) is 0 Å². The number of carbonyl (C=O) groups excluding carboxylic acids is 1. The number of fused-ring (bicyclic) bond motifs is 1. The van der Waals surface area contributed by atoms with Crippen LogP contribution in [-0.2, 0) is 0 Å². The maximum Gasteiger partial charge on any atom is 0.277 e. The first kappa shape index (κ1) is 7.18. The van der Waals surface area contributed by atoms with Gasteiger partial charge in [0.15, 0.2) is 0 Å². The Labute approximate surface area is 69.4 Å². The molecule has 1 atom stereocenters. The highest BCUT2D eigenvalue weighted by Crippen LogP contribution is 2.20. The van der Waals surface area contributed by atoms with Crippen LogP contribution in [0.15, 0.2) is 29.3 Å². The van der Waals surface area contributed by atoms with Gasteiger partial charge in [0, 0.05) is 11.8 Å². The number of benzene rings is 1. The number of hydrogen-bond donors (Lipinski definition) is 1. The van der Waals surface area contributed by atoms with Crippen molar-refractivity contribution in [2.75, 3.05) is 0 Å². The average molecular weight is 161 g/mol. The Balaban J connectivity index is 2.61. The molecule has 2 rings (SSSR count). The molecule has 0 fully saturated rings. The van der Waals surface area contributed by atoms with E-state index < -0.39 is 6.10 Å². The molecule has 1 aliphatic heterocycles. The van der Waals surface area contributed by atoms with Crippen molar-refractivity contribution in [2.24, 2.45) is 4.99 Å². The lowest BCUT2D eigenvalue weighted by Gasteiger charge is -2.13. The van der Waals surface area contributed by atoms with E-state index in [-0.39, 0.29) is 5.91 Å². The van der Waals surface area contributed by atoms with Crippen LogP contribution in [-0.4, -0.2) is 17.2 Å². The lowest BCUT2D eigenvalue weighted by atomic mass is 10.0. The fraction of sp³-hybridized carbons (Fsp3) is 0.111. The molecule has 0 bridgehead atoms. The van der Waals surface area contributed by atoms with E-state index in [1.54, 1.807) is 24.3 Å². The minimum atomic E-state index is -0.737. The Bertz CT molecular complexity index is 357. The number of nitrogens with zero attached hydrogens (tertiary/aromatic N) is 1. The first-order chi connectivity index (χ1) is 5.79. The van der Waals surface area contributed by atoms with Crippen molar-refractivity contribution in [1.29, 1.82) is 0 Å². The van der Waals surface area contributed by atoms with E-state index >= 15 is 0 Å². The van der Waals surface area contributed by atoms with Crippen LogP contribution < -0.4 is 0 Å². The number of amides is 1. The van der Waals surface area contributed by atoms with Crippen molar-refractivity contribution in [3.63, 3.8) is 0 Å². The van der Waals surface area contributed by atoms with Crippen LogP contribution in [0.3, 0.4) is 0 Å². The van der Waals surface area contributed by atoms with Gasteiger partial charge in [-0.3, -0.25) is 4.79 Å². The molecule has 1 unspecified atom stereocenters. The SMILES string of the molecule is O=C1N=CC(O)c2ccccc21. The molecular weight excluding hydrogens is 154 g/mol. The van der Waals surface area contributed by atoms with E-state index in [0.717, 1.165) is 0 Å². The number of hydrogen-bond acceptors (Lipinski definition) is 2. The zero-order valence-electron chi connectivity index (χ0n) is 6.27. The first-order valence-electron chi connectivity index (χ1n) is 3.64. The van der Waals surface area contributed by atoms with Crippen molar-refractivity contribution < 1.29 is 9.90 Å². The number of rotatable bonds is 0. The van der Waals surface area contributed by atoms with E-state index in [2.05, 4.69) is 4.99 Å². The second-order valence-corrected chi connectivity index (χ2v) is 2.62. The van der Waals surface area contributed by atoms with Crippen LogP contribution in [0, 0.1) is 0 Å². The third-order valence-corrected chi connectivity index (χ3v) is 1.84. The maximum atomic E-state index is 11.1. The van der Waals surface area contributed by atoms with Gasteiger partial charge in [-0.1, -0.05) is 18.2 Å². The normalized spacial score (nSPS) is 20.8. The molecule has 12 heavy (non-hydrogen) atoms. The minimum Gasteiger partial charge on any atom is -0.383 e. The molecule has 0 aliphatic carbocycles. The summed E-state index contributed by atoms with van der Waals surface area (Å²) in [5.41, 5.74) is 1.13. The third kappa shape index (κ3) is 0.950. The van der Waals surface area contributed by atoms with Crippen molar-refractivity contribution >= 4 is 12.1 Å². The van der Waals surface area contributed by atoms with Crippen molar-refractivity contribution in [2.45, 2.75) is 6.10 Å². The molecular formula is C9H7NO2. The summed E-state index contributed by atoms with van der Waals surface area (Å²) in [6, 6.07) is 6.93.